The molecule has 130 valence electrons. The molecule has 3 heterocycles. The van der Waals surface area contributed by atoms with Gasteiger partial charge < -0.3 is 10.8 Å². The summed E-state index contributed by atoms with van der Waals surface area (Å²) in [6.45, 7) is 3.88. The smallest absolute Gasteiger partial charge is 0.321 e. The molecule has 0 saturated carbocycles. The summed E-state index contributed by atoms with van der Waals surface area (Å²) in [7, 11) is 0. The van der Waals surface area contributed by atoms with E-state index in [4.69, 9.17) is 10.3 Å². The topological polar surface area (TPSA) is 104 Å². The minimum absolute atomic E-state index is 0.107. The number of benzene rings is 1. The van der Waals surface area contributed by atoms with Gasteiger partial charge in [-0.25, -0.2) is 9.98 Å². The Labute approximate surface area is 153 Å². The van der Waals surface area contributed by atoms with Crippen molar-refractivity contribution in [2.45, 2.75) is 13.8 Å². The highest BCUT2D eigenvalue weighted by atomic mass is 32.1. The van der Waals surface area contributed by atoms with Crippen molar-refractivity contribution >= 4 is 39.0 Å². The maximum Gasteiger partial charge on any atom is 0.321 e. The van der Waals surface area contributed by atoms with Crippen molar-refractivity contribution in [2.24, 2.45) is 4.99 Å². The maximum absolute atomic E-state index is 12.6. The number of fused-ring (bicyclic) bond motifs is 1. The predicted molar refractivity (Wildman–Crippen MR) is 97.7 cm³/mol. The van der Waals surface area contributed by atoms with Crippen molar-refractivity contribution in [1.29, 1.82) is 0 Å². The monoisotopic (exact) mass is 365 g/mol. The molecule has 0 atom stereocenters. The summed E-state index contributed by atoms with van der Waals surface area (Å²) >= 11 is 1.23. The van der Waals surface area contributed by atoms with Crippen LogP contribution < -0.4 is 15.5 Å². The van der Waals surface area contributed by atoms with Gasteiger partial charge in [-0.1, -0.05) is 18.2 Å². The van der Waals surface area contributed by atoms with E-state index in [1.807, 2.05) is 50.2 Å². The Morgan fingerprint density at radius 1 is 1.27 bits per heavy atom. The van der Waals surface area contributed by atoms with Crippen LogP contribution in [0.4, 0.5) is 11.6 Å². The second-order valence-corrected chi connectivity index (χ2v) is 6.82. The summed E-state index contributed by atoms with van der Waals surface area (Å²) in [6, 6.07) is 11.4. The Morgan fingerprint density at radius 3 is 2.81 bits per heavy atom. The molecule has 4 rings (SSSR count). The summed E-state index contributed by atoms with van der Waals surface area (Å²) in [5, 5.41) is 17.2. The number of pyridine rings is 1. The van der Waals surface area contributed by atoms with E-state index in [9.17, 15) is 5.11 Å². The van der Waals surface area contributed by atoms with Crippen LogP contribution in [0.1, 0.15) is 16.1 Å². The van der Waals surface area contributed by atoms with Crippen LogP contribution in [0.15, 0.2) is 52.1 Å². The number of anilines is 1. The average molecular weight is 365 g/mol. The molecular weight excluding hydrogens is 350 g/mol. The highest BCUT2D eigenvalue weighted by Crippen LogP contribution is 2.33. The molecule has 3 aromatic heterocycles. The molecule has 0 aliphatic rings. The van der Waals surface area contributed by atoms with Crippen LogP contribution in [-0.2, 0) is 0 Å². The molecule has 7 nitrogen and oxygen atoms in total. The summed E-state index contributed by atoms with van der Waals surface area (Å²) in [5.41, 5.74) is 9.28. The highest BCUT2D eigenvalue weighted by Gasteiger charge is 2.16. The number of nitrogen functional groups attached to an aromatic ring is 1. The molecule has 0 unspecified atom stereocenters. The quantitative estimate of drug-likeness (QED) is 0.340. The summed E-state index contributed by atoms with van der Waals surface area (Å²) < 4.78 is 6.65. The number of rotatable bonds is 3. The number of para-hydroxylation sites is 1. The van der Waals surface area contributed by atoms with Crippen molar-refractivity contribution in [3.63, 3.8) is 0 Å². The first kappa shape index (κ1) is 16.2. The van der Waals surface area contributed by atoms with Crippen LogP contribution in [0, 0.1) is 13.8 Å². The summed E-state index contributed by atoms with van der Waals surface area (Å²) in [5.74, 6) is -0.367. The van der Waals surface area contributed by atoms with Gasteiger partial charge in [0.1, 0.15) is 4.83 Å². The fraction of sp³-hybridized carbons (Fsp3) is 0.111. The number of nitrogens with zero attached hydrogens (tertiary/aromatic N) is 4. The maximum atomic E-state index is 12.6. The molecule has 2 N–H and O–H groups in total. The van der Waals surface area contributed by atoms with Gasteiger partial charge in [0, 0.05) is 29.1 Å². The predicted octanol–water partition coefficient (Wildman–Crippen LogP) is 2.20. The van der Waals surface area contributed by atoms with E-state index in [-0.39, 0.29) is 5.88 Å². The third-order valence-electron chi connectivity index (χ3n) is 4.05. The van der Waals surface area contributed by atoms with Crippen LogP contribution in [0.3, 0.4) is 0 Å². The van der Waals surface area contributed by atoms with Crippen molar-refractivity contribution in [2.75, 3.05) is 5.73 Å². The first-order valence-corrected chi connectivity index (χ1v) is 8.71. The molecule has 0 aliphatic heterocycles. The van der Waals surface area contributed by atoms with Gasteiger partial charge in [0.2, 0.25) is 11.0 Å². The van der Waals surface area contributed by atoms with Crippen molar-refractivity contribution in [3.8, 4) is 5.69 Å². The van der Waals surface area contributed by atoms with Crippen LogP contribution >= 0.6 is 11.3 Å². The Bertz CT molecular complexity index is 1130. The van der Waals surface area contributed by atoms with Crippen molar-refractivity contribution in [1.82, 2.24) is 10.3 Å². The van der Waals surface area contributed by atoms with E-state index in [0.717, 1.165) is 27.2 Å². The fourth-order valence-electron chi connectivity index (χ4n) is 2.53. The Kier molecular flexibility index (Phi) is 3.89. The third kappa shape index (κ3) is 2.80. The number of thiophene rings is 1. The molecule has 0 aliphatic carbocycles. The Morgan fingerprint density at radius 2 is 2.04 bits per heavy atom. The lowest BCUT2D eigenvalue weighted by Gasteiger charge is -2.06. The lowest BCUT2D eigenvalue weighted by atomic mass is 10.2. The molecule has 4 aromatic rings. The number of aliphatic imine (C=N–C) groups is 1. The van der Waals surface area contributed by atoms with Gasteiger partial charge in [0.25, 0.3) is 6.20 Å². The first-order valence-electron chi connectivity index (χ1n) is 7.89. The minimum Gasteiger partial charge on any atom is -0.857 e. The molecule has 8 heteroatoms. The van der Waals surface area contributed by atoms with E-state index < -0.39 is 5.90 Å². The molecule has 0 bridgehead atoms. The molecule has 0 spiro atoms. The second-order valence-electron chi connectivity index (χ2n) is 5.83. The second kappa shape index (κ2) is 6.23. The van der Waals surface area contributed by atoms with E-state index in [1.165, 1.54) is 16.0 Å². The summed E-state index contributed by atoms with van der Waals surface area (Å²) in [4.78, 5) is 9.56. The van der Waals surface area contributed by atoms with Crippen LogP contribution in [0.25, 0.3) is 15.9 Å². The normalized spacial score (nSPS) is 12.0. The van der Waals surface area contributed by atoms with Gasteiger partial charge in [-0.2, -0.15) is 0 Å². The molecule has 0 fully saturated rings. The van der Waals surface area contributed by atoms with Gasteiger partial charge in [-0.3, -0.25) is 4.52 Å². The van der Waals surface area contributed by atoms with Crippen LogP contribution in [0.2, 0.25) is 0 Å². The van der Waals surface area contributed by atoms with Crippen LogP contribution in [0.5, 0.6) is 0 Å². The molecule has 0 radical (unpaired) electrons. The van der Waals surface area contributed by atoms with E-state index in [0.29, 0.717) is 10.6 Å². The van der Waals surface area contributed by atoms with Gasteiger partial charge in [0.15, 0.2) is 0 Å². The van der Waals surface area contributed by atoms with E-state index in [2.05, 4.69) is 15.2 Å². The number of aromatic nitrogens is 3. The van der Waals surface area contributed by atoms with E-state index >= 15 is 0 Å². The molecule has 1 aromatic carbocycles. The third-order valence-corrected chi connectivity index (χ3v) is 5.15. The number of hydrogen-bond acceptors (Lipinski definition) is 7. The number of nitrogens with two attached hydrogens (primary N) is 1. The molecule has 0 saturated heterocycles. The zero-order valence-electron chi connectivity index (χ0n) is 14.1. The SMILES string of the molecule is Cc1cc2c(N)c(/C([O-])=N/c3c[n+](-c4ccccc4)no3)sc2nc1C. The van der Waals surface area contributed by atoms with Gasteiger partial charge in [-0.05, 0) is 30.2 Å². The average Bonchev–Trinajstić information content (AvgIpc) is 3.22. The van der Waals surface area contributed by atoms with E-state index in [1.54, 1.807) is 6.20 Å². The standard InChI is InChI=1S/C18H15N5O2S/c1-10-8-13-15(19)16(26-18(13)20-11(10)2)17(24)21-14-9-23(22-25-14)12-6-4-3-5-7-12/h3-9H,1-2H3,(H2-,19,21,22,24). The summed E-state index contributed by atoms with van der Waals surface area (Å²) in [6.07, 6.45) is 1.54. The lowest BCUT2D eigenvalue weighted by molar-refractivity contribution is -0.670. The molecule has 0 amide bonds. The largest absolute Gasteiger partial charge is 0.857 e. The number of aryl methyl sites for hydroxylation is 2. The zero-order chi connectivity index (χ0) is 18.3. The Hall–Kier alpha value is -3.26. The van der Waals surface area contributed by atoms with Gasteiger partial charge >= 0.3 is 5.88 Å². The highest BCUT2D eigenvalue weighted by molar-refractivity contribution is 7.21. The zero-order valence-corrected chi connectivity index (χ0v) is 14.9. The molecular formula is C18H15N5O2S. The lowest BCUT2D eigenvalue weighted by Crippen LogP contribution is -2.30. The van der Waals surface area contributed by atoms with Crippen molar-refractivity contribution < 1.29 is 14.3 Å². The molecule has 26 heavy (non-hydrogen) atoms. The van der Waals surface area contributed by atoms with Crippen LogP contribution in [-0.4, -0.2) is 16.2 Å². The number of hydrogen-bond donors (Lipinski definition) is 1. The van der Waals surface area contributed by atoms with Gasteiger partial charge in [0.05, 0.1) is 10.6 Å². The first-order chi connectivity index (χ1) is 12.5. The Balaban J connectivity index is 1.72. The minimum atomic E-state index is -0.475. The van der Waals surface area contributed by atoms with Crippen molar-refractivity contribution in [3.05, 3.63) is 58.7 Å². The fourth-order valence-corrected chi connectivity index (χ4v) is 3.53. The van der Waals surface area contributed by atoms with Gasteiger partial charge in [-0.15, -0.1) is 11.3 Å².